The minimum atomic E-state index is -0.471. The predicted molar refractivity (Wildman–Crippen MR) is 130 cm³/mol. The molecule has 0 unspecified atom stereocenters. The van der Waals surface area contributed by atoms with Crippen LogP contribution in [0.15, 0.2) is 70.0 Å². The number of rotatable bonds is 4. The van der Waals surface area contributed by atoms with Gasteiger partial charge in [-0.05, 0) is 36.0 Å². The molecule has 0 amide bonds. The third-order valence-electron chi connectivity index (χ3n) is 6.21. The number of thioether (sulfide) groups is 1. The van der Waals surface area contributed by atoms with Crippen LogP contribution >= 0.6 is 11.8 Å². The van der Waals surface area contributed by atoms with Crippen LogP contribution in [0.4, 0.5) is 5.82 Å². The minimum Gasteiger partial charge on any atom is -0.343 e. The van der Waals surface area contributed by atoms with Gasteiger partial charge >= 0.3 is 0 Å². The number of H-pyrrole nitrogens is 1. The summed E-state index contributed by atoms with van der Waals surface area (Å²) in [5, 5.41) is 3.92. The maximum absolute atomic E-state index is 13.3. The van der Waals surface area contributed by atoms with Crippen LogP contribution in [0, 0.1) is 12.3 Å². The summed E-state index contributed by atoms with van der Waals surface area (Å²) < 4.78 is 0. The van der Waals surface area contributed by atoms with Gasteiger partial charge in [0, 0.05) is 41.8 Å². The first-order valence-corrected chi connectivity index (χ1v) is 12.0. The number of carbonyl (C=O) groups is 1. The lowest BCUT2D eigenvalue weighted by molar-refractivity contribution is -0.118. The normalized spacial score (nSPS) is 19.0. The molecule has 3 aromatic rings. The molecule has 1 aliphatic heterocycles. The van der Waals surface area contributed by atoms with E-state index in [9.17, 15) is 9.59 Å². The van der Waals surface area contributed by atoms with E-state index in [-0.39, 0.29) is 16.8 Å². The number of aromatic amines is 1. The lowest BCUT2D eigenvalue weighted by Gasteiger charge is -2.38. The number of aromatic nitrogens is 3. The maximum atomic E-state index is 13.3. The van der Waals surface area contributed by atoms with Crippen LogP contribution in [0.3, 0.4) is 0 Å². The number of nitrogens with zero attached hydrogens (tertiary/aromatic N) is 2. The summed E-state index contributed by atoms with van der Waals surface area (Å²) in [6.07, 6.45) is 4.61. The van der Waals surface area contributed by atoms with Crippen molar-refractivity contribution in [1.82, 2.24) is 15.0 Å². The Morgan fingerprint density at radius 3 is 2.64 bits per heavy atom. The number of carbonyl (C=O) groups excluding carboxylic acids is 1. The Morgan fingerprint density at radius 1 is 1.12 bits per heavy atom. The smallest absolute Gasteiger partial charge is 0.257 e. The highest BCUT2D eigenvalue weighted by Crippen LogP contribution is 2.47. The first-order valence-electron chi connectivity index (χ1n) is 11.1. The Morgan fingerprint density at radius 2 is 1.91 bits per heavy atom. The van der Waals surface area contributed by atoms with Gasteiger partial charge in [-0.2, -0.15) is 0 Å². The van der Waals surface area contributed by atoms with Crippen molar-refractivity contribution < 1.29 is 4.79 Å². The Balaban J connectivity index is 1.56. The van der Waals surface area contributed by atoms with Crippen LogP contribution in [0.5, 0.6) is 0 Å². The Labute approximate surface area is 197 Å². The van der Waals surface area contributed by atoms with E-state index in [1.807, 2.05) is 12.1 Å². The average molecular weight is 459 g/mol. The number of ketones is 1. The molecular weight excluding hydrogens is 432 g/mol. The van der Waals surface area contributed by atoms with Gasteiger partial charge in [0.2, 0.25) is 0 Å². The average Bonchev–Trinajstić information content (AvgIpc) is 2.77. The van der Waals surface area contributed by atoms with Gasteiger partial charge in [0.15, 0.2) is 10.9 Å². The monoisotopic (exact) mass is 458 g/mol. The van der Waals surface area contributed by atoms with Crippen molar-refractivity contribution in [2.24, 2.45) is 5.41 Å². The summed E-state index contributed by atoms with van der Waals surface area (Å²) in [5.74, 6) is 0.836. The number of Topliss-reactive ketones (excluding diaryl/α,β-unsaturated/α-hetero) is 1. The zero-order valence-electron chi connectivity index (χ0n) is 18.9. The van der Waals surface area contributed by atoms with E-state index in [1.165, 1.54) is 17.3 Å². The largest absolute Gasteiger partial charge is 0.343 e. The first kappa shape index (κ1) is 21.6. The molecule has 5 rings (SSSR count). The van der Waals surface area contributed by atoms with Crippen LogP contribution in [0.2, 0.25) is 0 Å². The van der Waals surface area contributed by atoms with Crippen LogP contribution in [-0.2, 0) is 10.5 Å². The van der Waals surface area contributed by atoms with E-state index >= 15 is 0 Å². The lowest BCUT2D eigenvalue weighted by Crippen LogP contribution is -2.37. The number of nitrogens with one attached hydrogen (secondary N) is 2. The highest BCUT2D eigenvalue weighted by Gasteiger charge is 2.42. The fourth-order valence-electron chi connectivity index (χ4n) is 4.68. The second-order valence-corrected chi connectivity index (χ2v) is 10.5. The van der Waals surface area contributed by atoms with Gasteiger partial charge in [-0.25, -0.2) is 4.98 Å². The molecule has 2 N–H and O–H groups in total. The minimum absolute atomic E-state index is 0.0745. The van der Waals surface area contributed by atoms with Crippen molar-refractivity contribution in [3.63, 3.8) is 0 Å². The standard InChI is InChI=1S/C26H26N4O2S/c1-15-6-8-16(9-7-15)14-33-25-29-23-22(24(32)30-25)20(17-5-4-10-27-13-17)21-18(28-23)11-26(2,3)12-19(21)31/h4-10,13,20H,11-12,14H2,1-3H3,(H2,28,29,30,32)/t20-/m1/s1. The third-order valence-corrected chi connectivity index (χ3v) is 7.16. The summed E-state index contributed by atoms with van der Waals surface area (Å²) in [6.45, 7) is 6.25. The summed E-state index contributed by atoms with van der Waals surface area (Å²) in [6, 6.07) is 12.1. The van der Waals surface area contributed by atoms with Crippen molar-refractivity contribution in [3.05, 3.63) is 92.7 Å². The maximum Gasteiger partial charge on any atom is 0.257 e. The quantitative estimate of drug-likeness (QED) is 0.424. The molecule has 0 radical (unpaired) electrons. The number of allylic oxidation sites excluding steroid dienone is 2. The summed E-state index contributed by atoms with van der Waals surface area (Å²) in [5.41, 5.74) is 4.84. The molecule has 0 spiro atoms. The second-order valence-electron chi connectivity index (χ2n) is 9.59. The number of hydrogen-bond acceptors (Lipinski definition) is 6. The number of benzene rings is 1. The number of pyridine rings is 1. The fraction of sp³-hybridized carbons (Fsp3) is 0.308. The van der Waals surface area contributed by atoms with Crippen LogP contribution in [0.1, 0.15) is 54.9 Å². The molecule has 0 fully saturated rings. The molecule has 6 nitrogen and oxygen atoms in total. The fourth-order valence-corrected chi connectivity index (χ4v) is 5.49. The Hall–Kier alpha value is -3.19. The van der Waals surface area contributed by atoms with E-state index in [0.717, 1.165) is 23.2 Å². The van der Waals surface area contributed by atoms with Crippen LogP contribution < -0.4 is 10.9 Å². The molecule has 2 aromatic heterocycles. The molecule has 33 heavy (non-hydrogen) atoms. The Bertz CT molecular complexity index is 1310. The Kier molecular flexibility index (Phi) is 5.44. The molecule has 1 atom stereocenters. The third kappa shape index (κ3) is 4.25. The van der Waals surface area contributed by atoms with Crippen molar-refractivity contribution in [2.75, 3.05) is 5.32 Å². The van der Waals surface area contributed by atoms with Crippen LogP contribution in [0.25, 0.3) is 0 Å². The number of hydrogen-bond donors (Lipinski definition) is 2. The van der Waals surface area contributed by atoms with E-state index in [4.69, 9.17) is 4.98 Å². The van der Waals surface area contributed by atoms with E-state index in [1.54, 1.807) is 12.4 Å². The van der Waals surface area contributed by atoms with Crippen molar-refractivity contribution in [1.29, 1.82) is 0 Å². The summed E-state index contributed by atoms with van der Waals surface area (Å²) >= 11 is 1.49. The van der Waals surface area contributed by atoms with Gasteiger partial charge in [0.05, 0.1) is 5.56 Å². The number of fused-ring (bicyclic) bond motifs is 1. The number of aryl methyl sites for hydroxylation is 1. The lowest BCUT2D eigenvalue weighted by atomic mass is 9.69. The molecule has 1 aliphatic carbocycles. The van der Waals surface area contributed by atoms with Crippen molar-refractivity contribution in [2.45, 2.75) is 50.4 Å². The van der Waals surface area contributed by atoms with E-state index in [2.05, 4.69) is 60.3 Å². The molecule has 7 heteroatoms. The molecule has 2 aliphatic rings. The highest BCUT2D eigenvalue weighted by atomic mass is 32.2. The van der Waals surface area contributed by atoms with Gasteiger partial charge < -0.3 is 10.3 Å². The molecule has 0 saturated heterocycles. The zero-order valence-corrected chi connectivity index (χ0v) is 19.8. The predicted octanol–water partition coefficient (Wildman–Crippen LogP) is 4.97. The van der Waals surface area contributed by atoms with Crippen molar-refractivity contribution in [3.8, 4) is 0 Å². The van der Waals surface area contributed by atoms with Crippen molar-refractivity contribution >= 4 is 23.4 Å². The molecule has 0 bridgehead atoms. The van der Waals surface area contributed by atoms with E-state index in [0.29, 0.717) is 34.3 Å². The van der Waals surface area contributed by atoms with Gasteiger partial charge in [-0.15, -0.1) is 0 Å². The highest BCUT2D eigenvalue weighted by molar-refractivity contribution is 7.98. The molecule has 168 valence electrons. The molecule has 0 saturated carbocycles. The number of anilines is 1. The molecule has 3 heterocycles. The summed E-state index contributed by atoms with van der Waals surface area (Å²) in [7, 11) is 0. The molecular formula is C26H26N4O2S. The van der Waals surface area contributed by atoms with Gasteiger partial charge in [-0.3, -0.25) is 14.6 Å². The SMILES string of the molecule is Cc1ccc(CSc2nc3c(c(=O)[nH]2)[C@H](c2cccnc2)C2=C(CC(C)(C)CC2=O)N3)cc1. The van der Waals surface area contributed by atoms with Gasteiger partial charge in [0.25, 0.3) is 5.56 Å². The van der Waals surface area contributed by atoms with E-state index < -0.39 is 5.92 Å². The van der Waals surface area contributed by atoms with Gasteiger partial charge in [0.1, 0.15) is 5.82 Å². The molecule has 1 aromatic carbocycles. The van der Waals surface area contributed by atoms with Gasteiger partial charge in [-0.1, -0.05) is 61.5 Å². The summed E-state index contributed by atoms with van der Waals surface area (Å²) in [4.78, 5) is 38.5. The second kappa shape index (κ2) is 8.30. The topological polar surface area (TPSA) is 87.7 Å². The first-order chi connectivity index (χ1) is 15.8. The van der Waals surface area contributed by atoms with Crippen LogP contribution in [-0.4, -0.2) is 20.7 Å². The zero-order chi connectivity index (χ0) is 23.2.